The van der Waals surface area contributed by atoms with Crippen LogP contribution < -0.4 is 5.32 Å². The SMILES string of the molecule is Clc1ccc(Cl)c(Nc2ncc(Br)cc2Br)c1. The van der Waals surface area contributed by atoms with Gasteiger partial charge in [-0.3, -0.25) is 0 Å². The number of hydrogen-bond acceptors (Lipinski definition) is 2. The predicted octanol–water partition coefficient (Wildman–Crippen LogP) is 5.66. The maximum atomic E-state index is 6.06. The Balaban J connectivity index is 2.34. The van der Waals surface area contributed by atoms with E-state index in [1.165, 1.54) is 0 Å². The highest BCUT2D eigenvalue weighted by Crippen LogP contribution is 2.31. The van der Waals surface area contributed by atoms with Gasteiger partial charge < -0.3 is 5.32 Å². The minimum absolute atomic E-state index is 0.589. The van der Waals surface area contributed by atoms with Crippen molar-refractivity contribution in [3.05, 3.63) is 49.5 Å². The zero-order valence-electron chi connectivity index (χ0n) is 8.35. The number of rotatable bonds is 2. The minimum Gasteiger partial charge on any atom is -0.338 e. The standard InChI is InChI=1S/C11H6Br2Cl2N2/c12-6-3-8(13)11(16-5-6)17-10-4-7(14)1-2-9(10)15/h1-5H,(H,16,17). The van der Waals surface area contributed by atoms with Gasteiger partial charge in [0.2, 0.25) is 0 Å². The molecule has 0 aliphatic carbocycles. The molecule has 1 aromatic heterocycles. The van der Waals surface area contributed by atoms with Gasteiger partial charge in [-0.25, -0.2) is 4.98 Å². The molecule has 2 rings (SSSR count). The van der Waals surface area contributed by atoms with Crippen LogP contribution in [-0.2, 0) is 0 Å². The van der Waals surface area contributed by atoms with Crippen molar-refractivity contribution in [1.82, 2.24) is 4.98 Å². The third-order valence-electron chi connectivity index (χ3n) is 1.99. The van der Waals surface area contributed by atoms with Crippen molar-refractivity contribution < 1.29 is 0 Å². The van der Waals surface area contributed by atoms with Crippen molar-refractivity contribution in [1.29, 1.82) is 0 Å². The van der Waals surface area contributed by atoms with E-state index in [-0.39, 0.29) is 0 Å². The topological polar surface area (TPSA) is 24.9 Å². The third kappa shape index (κ3) is 3.35. The molecule has 1 aromatic carbocycles. The van der Waals surface area contributed by atoms with Crippen LogP contribution in [0.1, 0.15) is 0 Å². The van der Waals surface area contributed by atoms with Crippen molar-refractivity contribution in [3.63, 3.8) is 0 Å². The lowest BCUT2D eigenvalue weighted by atomic mass is 10.3. The van der Waals surface area contributed by atoms with Gasteiger partial charge in [0, 0.05) is 15.7 Å². The zero-order chi connectivity index (χ0) is 12.4. The Kier molecular flexibility index (Phi) is 4.31. The third-order valence-corrected chi connectivity index (χ3v) is 3.59. The molecule has 1 N–H and O–H groups in total. The molecule has 0 saturated heterocycles. The van der Waals surface area contributed by atoms with Crippen LogP contribution in [0.25, 0.3) is 0 Å². The number of nitrogens with zero attached hydrogens (tertiary/aromatic N) is 1. The number of anilines is 2. The molecule has 17 heavy (non-hydrogen) atoms. The van der Waals surface area contributed by atoms with E-state index in [9.17, 15) is 0 Å². The van der Waals surface area contributed by atoms with E-state index in [1.807, 2.05) is 6.07 Å². The molecule has 0 aliphatic rings. The highest BCUT2D eigenvalue weighted by Gasteiger charge is 2.06. The van der Waals surface area contributed by atoms with Gasteiger partial charge in [0.25, 0.3) is 0 Å². The maximum Gasteiger partial charge on any atom is 0.144 e. The predicted molar refractivity (Wildman–Crippen MR) is 79.4 cm³/mol. The van der Waals surface area contributed by atoms with Crippen molar-refractivity contribution in [2.75, 3.05) is 5.32 Å². The molecule has 0 unspecified atom stereocenters. The Morgan fingerprint density at radius 3 is 2.59 bits per heavy atom. The highest BCUT2D eigenvalue weighted by atomic mass is 79.9. The van der Waals surface area contributed by atoms with Crippen LogP contribution in [-0.4, -0.2) is 4.98 Å². The Hall–Kier alpha value is -0.290. The summed E-state index contributed by atoms with van der Waals surface area (Å²) in [6.07, 6.45) is 1.70. The normalized spacial score (nSPS) is 10.4. The van der Waals surface area contributed by atoms with E-state index in [0.717, 1.165) is 14.6 Å². The average Bonchev–Trinajstić information content (AvgIpc) is 2.27. The summed E-state index contributed by atoms with van der Waals surface area (Å²) in [4.78, 5) is 4.24. The number of nitrogens with one attached hydrogen (secondary N) is 1. The molecule has 0 fully saturated rings. The van der Waals surface area contributed by atoms with Crippen molar-refractivity contribution >= 4 is 66.6 Å². The summed E-state index contributed by atoms with van der Waals surface area (Å²) in [6, 6.07) is 7.12. The Bertz CT molecular complexity index is 561. The maximum absolute atomic E-state index is 6.06. The van der Waals surface area contributed by atoms with Crippen LogP contribution in [0.2, 0.25) is 10.0 Å². The summed E-state index contributed by atoms with van der Waals surface area (Å²) < 4.78 is 1.73. The zero-order valence-corrected chi connectivity index (χ0v) is 13.0. The number of aromatic nitrogens is 1. The quantitative estimate of drug-likeness (QED) is 0.708. The molecular weight excluding hydrogens is 391 g/mol. The fraction of sp³-hybridized carbons (Fsp3) is 0. The number of benzene rings is 1. The van der Waals surface area contributed by atoms with Crippen LogP contribution in [0.4, 0.5) is 11.5 Å². The molecule has 0 aliphatic heterocycles. The molecular formula is C11H6Br2Cl2N2. The lowest BCUT2D eigenvalue weighted by molar-refractivity contribution is 1.27. The van der Waals surface area contributed by atoms with Gasteiger partial charge in [0.1, 0.15) is 5.82 Å². The molecule has 2 aromatic rings. The smallest absolute Gasteiger partial charge is 0.144 e. The van der Waals surface area contributed by atoms with Crippen LogP contribution in [0.5, 0.6) is 0 Å². The summed E-state index contributed by atoms with van der Waals surface area (Å²) in [5, 5.41) is 4.32. The molecule has 0 bridgehead atoms. The fourth-order valence-corrected chi connectivity index (χ4v) is 2.65. The fourth-order valence-electron chi connectivity index (χ4n) is 1.23. The Morgan fingerprint density at radius 2 is 1.88 bits per heavy atom. The van der Waals surface area contributed by atoms with Gasteiger partial charge in [-0.1, -0.05) is 23.2 Å². The lowest BCUT2D eigenvalue weighted by Gasteiger charge is -2.09. The molecule has 0 amide bonds. The number of hydrogen-bond donors (Lipinski definition) is 1. The van der Waals surface area contributed by atoms with Gasteiger partial charge in [-0.05, 0) is 56.1 Å². The first-order valence-corrected chi connectivity index (χ1v) is 6.93. The summed E-state index contributed by atoms with van der Waals surface area (Å²) >= 11 is 18.7. The molecule has 88 valence electrons. The van der Waals surface area contributed by atoms with Crippen molar-refractivity contribution in [2.45, 2.75) is 0 Å². The van der Waals surface area contributed by atoms with Crippen molar-refractivity contribution in [3.8, 4) is 0 Å². The second kappa shape index (κ2) is 5.57. The molecule has 0 saturated carbocycles. The van der Waals surface area contributed by atoms with Crippen LogP contribution in [0, 0.1) is 0 Å². The van der Waals surface area contributed by atoms with Gasteiger partial charge >= 0.3 is 0 Å². The summed E-state index contributed by atoms with van der Waals surface area (Å²) in [5.74, 6) is 0.678. The van der Waals surface area contributed by atoms with Crippen LogP contribution in [0.3, 0.4) is 0 Å². The molecule has 0 radical (unpaired) electrons. The monoisotopic (exact) mass is 394 g/mol. The summed E-state index contributed by atoms with van der Waals surface area (Å²) in [7, 11) is 0. The van der Waals surface area contributed by atoms with Gasteiger partial charge in [0.15, 0.2) is 0 Å². The Morgan fingerprint density at radius 1 is 1.12 bits per heavy atom. The first kappa shape index (κ1) is 13.1. The van der Waals surface area contributed by atoms with Crippen molar-refractivity contribution in [2.24, 2.45) is 0 Å². The van der Waals surface area contributed by atoms with E-state index >= 15 is 0 Å². The van der Waals surface area contributed by atoms with E-state index in [2.05, 4.69) is 42.2 Å². The second-order valence-corrected chi connectivity index (χ2v) is 5.85. The van der Waals surface area contributed by atoms with Crippen LogP contribution in [0.15, 0.2) is 39.4 Å². The second-order valence-electron chi connectivity index (χ2n) is 3.23. The van der Waals surface area contributed by atoms with E-state index in [4.69, 9.17) is 23.2 Å². The summed E-state index contributed by atoms with van der Waals surface area (Å²) in [5.41, 5.74) is 0.717. The van der Waals surface area contributed by atoms with Gasteiger partial charge in [-0.15, -0.1) is 0 Å². The first-order chi connectivity index (χ1) is 8.06. The molecule has 6 heteroatoms. The molecule has 0 spiro atoms. The largest absolute Gasteiger partial charge is 0.338 e. The minimum atomic E-state index is 0.589. The molecule has 0 atom stereocenters. The average molecular weight is 397 g/mol. The molecule has 2 nitrogen and oxygen atoms in total. The van der Waals surface area contributed by atoms with Gasteiger partial charge in [0.05, 0.1) is 15.2 Å². The highest BCUT2D eigenvalue weighted by molar-refractivity contribution is 9.11. The van der Waals surface area contributed by atoms with E-state index < -0.39 is 0 Å². The van der Waals surface area contributed by atoms with Gasteiger partial charge in [-0.2, -0.15) is 0 Å². The van der Waals surface area contributed by atoms with E-state index in [0.29, 0.717) is 15.9 Å². The Labute approximate surface area is 126 Å². The lowest BCUT2D eigenvalue weighted by Crippen LogP contribution is -1.95. The number of pyridine rings is 1. The summed E-state index contributed by atoms with van der Waals surface area (Å²) in [6.45, 7) is 0. The van der Waals surface area contributed by atoms with Crippen LogP contribution >= 0.6 is 55.1 Å². The number of halogens is 4. The van der Waals surface area contributed by atoms with E-state index in [1.54, 1.807) is 24.4 Å². The first-order valence-electron chi connectivity index (χ1n) is 4.59. The molecule has 1 heterocycles.